The van der Waals surface area contributed by atoms with Crippen molar-refractivity contribution in [3.63, 3.8) is 0 Å². The van der Waals surface area contributed by atoms with Crippen molar-refractivity contribution >= 4 is 17.0 Å². The number of benzene rings is 1. The highest BCUT2D eigenvalue weighted by molar-refractivity contribution is 5.85. The lowest BCUT2D eigenvalue weighted by atomic mass is 9.64. The van der Waals surface area contributed by atoms with Gasteiger partial charge in [0.2, 0.25) is 0 Å². The summed E-state index contributed by atoms with van der Waals surface area (Å²) in [6, 6.07) is 6.01. The van der Waals surface area contributed by atoms with Crippen molar-refractivity contribution in [3.05, 3.63) is 29.6 Å². The fourth-order valence-corrected chi connectivity index (χ4v) is 3.38. The van der Waals surface area contributed by atoms with E-state index in [9.17, 15) is 9.90 Å². The van der Waals surface area contributed by atoms with Crippen molar-refractivity contribution in [2.45, 2.75) is 43.4 Å². The fourth-order valence-electron chi connectivity index (χ4n) is 3.38. The molecule has 1 aromatic heterocycles. The molecule has 2 fully saturated rings. The first-order chi connectivity index (χ1) is 9.62. The van der Waals surface area contributed by atoms with Gasteiger partial charge in [0.1, 0.15) is 5.82 Å². The summed E-state index contributed by atoms with van der Waals surface area (Å²) in [7, 11) is 2.05. The largest absolute Gasteiger partial charge is 0.481 e. The van der Waals surface area contributed by atoms with Crippen LogP contribution in [0, 0.1) is 0 Å². The number of carboxylic acid groups (broad SMARTS) is 1. The van der Waals surface area contributed by atoms with E-state index in [1.165, 1.54) is 12.8 Å². The van der Waals surface area contributed by atoms with Crippen LogP contribution in [-0.4, -0.2) is 20.6 Å². The van der Waals surface area contributed by atoms with Crippen LogP contribution in [0.2, 0.25) is 0 Å². The molecule has 0 unspecified atom stereocenters. The van der Waals surface area contributed by atoms with Gasteiger partial charge in [0, 0.05) is 13.0 Å². The number of nitrogens with zero attached hydrogens (tertiary/aromatic N) is 2. The molecular formula is C16H18N2O2. The maximum atomic E-state index is 11.6. The first-order valence-corrected chi connectivity index (χ1v) is 7.32. The average Bonchev–Trinajstić information content (AvgIpc) is 3.13. The molecule has 2 saturated carbocycles. The summed E-state index contributed by atoms with van der Waals surface area (Å²) in [5, 5.41) is 9.54. The molecule has 2 aliphatic rings. The zero-order chi connectivity index (χ0) is 13.9. The minimum atomic E-state index is -0.693. The van der Waals surface area contributed by atoms with Gasteiger partial charge in [-0.15, -0.1) is 0 Å². The van der Waals surface area contributed by atoms with Gasteiger partial charge in [-0.25, -0.2) is 4.98 Å². The Labute approximate surface area is 117 Å². The van der Waals surface area contributed by atoms with Gasteiger partial charge < -0.3 is 9.67 Å². The van der Waals surface area contributed by atoms with E-state index in [1.54, 1.807) is 0 Å². The second kappa shape index (κ2) is 3.84. The van der Waals surface area contributed by atoms with Crippen LogP contribution in [0.1, 0.15) is 49.4 Å². The molecule has 1 N–H and O–H groups in total. The van der Waals surface area contributed by atoms with Gasteiger partial charge in [0.05, 0.1) is 16.4 Å². The highest BCUT2D eigenvalue weighted by atomic mass is 16.4. The molecule has 0 atom stereocenters. The Bertz CT molecular complexity index is 709. The summed E-state index contributed by atoms with van der Waals surface area (Å²) in [5.74, 6) is 1.06. The van der Waals surface area contributed by atoms with Gasteiger partial charge in [-0.3, -0.25) is 4.79 Å². The quantitative estimate of drug-likeness (QED) is 0.933. The molecule has 0 spiro atoms. The normalized spacial score (nSPS) is 20.9. The molecule has 0 saturated heterocycles. The molecule has 4 nitrogen and oxygen atoms in total. The second-order valence-corrected chi connectivity index (χ2v) is 6.25. The lowest BCUT2D eigenvalue weighted by Gasteiger charge is -2.38. The second-order valence-electron chi connectivity index (χ2n) is 6.25. The maximum Gasteiger partial charge on any atom is 0.314 e. The topological polar surface area (TPSA) is 55.1 Å². The third kappa shape index (κ3) is 1.48. The summed E-state index contributed by atoms with van der Waals surface area (Å²) in [6.07, 6.45) is 4.94. The molecule has 0 amide bonds. The summed E-state index contributed by atoms with van der Waals surface area (Å²) in [6.45, 7) is 0. The van der Waals surface area contributed by atoms with E-state index in [0.29, 0.717) is 5.92 Å². The number of aryl methyl sites for hydroxylation is 1. The van der Waals surface area contributed by atoms with E-state index in [1.807, 2.05) is 18.2 Å². The van der Waals surface area contributed by atoms with Crippen molar-refractivity contribution in [2.75, 3.05) is 0 Å². The highest BCUT2D eigenvalue weighted by Gasteiger charge is 2.46. The molecule has 104 valence electrons. The van der Waals surface area contributed by atoms with Crippen LogP contribution >= 0.6 is 0 Å². The molecular weight excluding hydrogens is 252 g/mol. The minimum Gasteiger partial charge on any atom is -0.481 e. The molecule has 2 aliphatic carbocycles. The van der Waals surface area contributed by atoms with E-state index in [4.69, 9.17) is 4.98 Å². The number of carbonyl (C=O) groups is 1. The Kier molecular flexibility index (Phi) is 2.29. The van der Waals surface area contributed by atoms with E-state index >= 15 is 0 Å². The summed E-state index contributed by atoms with van der Waals surface area (Å²) in [5.41, 5.74) is 2.31. The van der Waals surface area contributed by atoms with Gasteiger partial charge in [-0.05, 0) is 43.4 Å². The number of carboxylic acids is 1. The lowest BCUT2D eigenvalue weighted by molar-refractivity contribution is -0.147. The Hall–Kier alpha value is -1.84. The molecule has 1 aromatic carbocycles. The number of hydrogen-bond acceptors (Lipinski definition) is 2. The number of aliphatic carboxylic acids is 1. The lowest BCUT2D eigenvalue weighted by Crippen LogP contribution is -2.42. The highest BCUT2D eigenvalue weighted by Crippen LogP contribution is 2.45. The van der Waals surface area contributed by atoms with Crippen molar-refractivity contribution in [2.24, 2.45) is 7.05 Å². The van der Waals surface area contributed by atoms with Gasteiger partial charge >= 0.3 is 5.97 Å². The number of fused-ring (bicyclic) bond motifs is 1. The Morgan fingerprint density at radius 1 is 1.40 bits per heavy atom. The van der Waals surface area contributed by atoms with E-state index in [-0.39, 0.29) is 0 Å². The van der Waals surface area contributed by atoms with Crippen molar-refractivity contribution in [3.8, 4) is 0 Å². The van der Waals surface area contributed by atoms with Crippen molar-refractivity contribution in [1.29, 1.82) is 0 Å². The molecule has 0 radical (unpaired) electrons. The predicted molar refractivity (Wildman–Crippen MR) is 75.9 cm³/mol. The van der Waals surface area contributed by atoms with Crippen LogP contribution in [0.25, 0.3) is 11.0 Å². The van der Waals surface area contributed by atoms with Crippen molar-refractivity contribution in [1.82, 2.24) is 9.55 Å². The molecule has 4 heteroatoms. The molecule has 20 heavy (non-hydrogen) atoms. The first kappa shape index (κ1) is 11.9. The van der Waals surface area contributed by atoms with Crippen LogP contribution in [0.3, 0.4) is 0 Å². The molecule has 4 rings (SSSR count). The van der Waals surface area contributed by atoms with Crippen molar-refractivity contribution < 1.29 is 9.90 Å². The van der Waals surface area contributed by atoms with E-state index in [2.05, 4.69) is 11.6 Å². The van der Waals surface area contributed by atoms with Gasteiger partial charge in [-0.1, -0.05) is 12.5 Å². The number of rotatable bonds is 3. The van der Waals surface area contributed by atoms with E-state index in [0.717, 1.165) is 41.7 Å². The third-order valence-corrected chi connectivity index (χ3v) is 5.03. The van der Waals surface area contributed by atoms with Gasteiger partial charge in [0.25, 0.3) is 0 Å². The number of hydrogen-bond donors (Lipinski definition) is 1. The monoisotopic (exact) mass is 270 g/mol. The third-order valence-electron chi connectivity index (χ3n) is 5.03. The van der Waals surface area contributed by atoms with Gasteiger partial charge in [0.15, 0.2) is 0 Å². The number of imidazole rings is 1. The summed E-state index contributed by atoms with van der Waals surface area (Å²) >= 11 is 0. The maximum absolute atomic E-state index is 11.6. The fraction of sp³-hybridized carbons (Fsp3) is 0.500. The zero-order valence-electron chi connectivity index (χ0n) is 11.6. The predicted octanol–water partition coefficient (Wildman–Crippen LogP) is 2.96. The Morgan fingerprint density at radius 2 is 2.15 bits per heavy atom. The Balaban J connectivity index is 1.84. The molecule has 0 aliphatic heterocycles. The average molecular weight is 270 g/mol. The molecule has 2 aromatic rings. The van der Waals surface area contributed by atoms with E-state index < -0.39 is 11.4 Å². The van der Waals surface area contributed by atoms with Crippen LogP contribution < -0.4 is 0 Å². The number of aromatic nitrogens is 2. The van der Waals surface area contributed by atoms with Crippen LogP contribution in [-0.2, 0) is 17.3 Å². The standard InChI is InChI=1S/C16H18N2O2/c1-18-13-6-5-11(16(15(19)20)7-2-8-16)9-12(13)17-14(18)10-3-4-10/h5-6,9-10H,2-4,7-8H2,1H3,(H,19,20). The van der Waals surface area contributed by atoms with Crippen LogP contribution in [0.4, 0.5) is 0 Å². The summed E-state index contributed by atoms with van der Waals surface area (Å²) < 4.78 is 2.16. The zero-order valence-corrected chi connectivity index (χ0v) is 11.6. The first-order valence-electron chi connectivity index (χ1n) is 7.32. The Morgan fingerprint density at radius 3 is 2.70 bits per heavy atom. The van der Waals surface area contributed by atoms with Crippen LogP contribution in [0.15, 0.2) is 18.2 Å². The smallest absolute Gasteiger partial charge is 0.314 e. The minimum absolute atomic E-state index is 0.605. The molecule has 0 bridgehead atoms. The summed E-state index contributed by atoms with van der Waals surface area (Å²) in [4.78, 5) is 16.3. The van der Waals surface area contributed by atoms with Gasteiger partial charge in [-0.2, -0.15) is 0 Å². The van der Waals surface area contributed by atoms with Crippen LogP contribution in [0.5, 0.6) is 0 Å². The SMILES string of the molecule is Cn1c(C2CC2)nc2cc(C3(C(=O)O)CCC3)ccc21. The molecule has 1 heterocycles.